The van der Waals surface area contributed by atoms with Crippen molar-refractivity contribution in [1.29, 1.82) is 0 Å². The Morgan fingerprint density at radius 3 is 1.54 bits per heavy atom. The summed E-state index contributed by atoms with van der Waals surface area (Å²) in [4.78, 5) is 4.90. The van der Waals surface area contributed by atoms with Crippen molar-refractivity contribution in [1.82, 2.24) is 9.80 Å². The Labute approximate surface area is 157 Å². The average Bonchev–Trinajstić information content (AvgIpc) is 2.70. The van der Waals surface area contributed by atoms with E-state index in [4.69, 9.17) is 0 Å². The predicted molar refractivity (Wildman–Crippen MR) is 110 cm³/mol. The molecular formula is C24H28N2. The molecule has 0 spiro atoms. The Hall–Kier alpha value is -2.48. The molecule has 2 aromatic rings. The molecule has 2 heterocycles. The molecule has 2 heteroatoms. The summed E-state index contributed by atoms with van der Waals surface area (Å²) in [6, 6.07) is 17.4. The van der Waals surface area contributed by atoms with Crippen LogP contribution in [0, 0.1) is 0 Å². The maximum absolute atomic E-state index is 2.45. The SMILES string of the molecule is C1=CN(CCCCCCN2C=Cc3ccccc3C2)Cc2ccccc21. The second-order valence-corrected chi connectivity index (χ2v) is 7.38. The number of nitrogens with zero attached hydrogens (tertiary/aromatic N) is 2. The Balaban J connectivity index is 1.12. The van der Waals surface area contributed by atoms with Gasteiger partial charge in [-0.1, -0.05) is 61.4 Å². The van der Waals surface area contributed by atoms with Crippen LogP contribution < -0.4 is 0 Å². The molecule has 0 fully saturated rings. The zero-order chi connectivity index (χ0) is 17.6. The summed E-state index contributed by atoms with van der Waals surface area (Å²) in [5, 5.41) is 0. The number of hydrogen-bond acceptors (Lipinski definition) is 2. The van der Waals surface area contributed by atoms with Gasteiger partial charge in [-0.3, -0.25) is 0 Å². The van der Waals surface area contributed by atoms with E-state index in [1.54, 1.807) is 0 Å². The summed E-state index contributed by atoms with van der Waals surface area (Å²) in [5.74, 6) is 0. The Morgan fingerprint density at radius 1 is 0.577 bits per heavy atom. The molecule has 0 bridgehead atoms. The van der Waals surface area contributed by atoms with Gasteiger partial charge < -0.3 is 9.80 Å². The highest BCUT2D eigenvalue weighted by molar-refractivity contribution is 5.56. The smallest absolute Gasteiger partial charge is 0.0429 e. The minimum Gasteiger partial charge on any atom is -0.373 e. The third-order valence-electron chi connectivity index (χ3n) is 5.43. The van der Waals surface area contributed by atoms with Gasteiger partial charge in [0.05, 0.1) is 0 Å². The molecule has 26 heavy (non-hydrogen) atoms. The standard InChI is InChI=1S/C24H28N2/c1(7-15-25-17-13-21-9-3-5-11-23(21)19-25)2-8-16-26-18-14-22-10-4-6-12-24(22)20-26/h3-6,9-14,17-18H,1-2,7-8,15-16,19-20H2. The van der Waals surface area contributed by atoms with Crippen LogP contribution in [0.15, 0.2) is 60.9 Å². The van der Waals surface area contributed by atoms with Gasteiger partial charge in [-0.2, -0.15) is 0 Å². The second kappa shape index (κ2) is 8.27. The zero-order valence-electron chi connectivity index (χ0n) is 15.5. The summed E-state index contributed by atoms with van der Waals surface area (Å²) in [5.41, 5.74) is 5.65. The van der Waals surface area contributed by atoms with Gasteiger partial charge in [-0.15, -0.1) is 0 Å². The lowest BCUT2D eigenvalue weighted by atomic mass is 10.0. The number of rotatable bonds is 7. The highest BCUT2D eigenvalue weighted by atomic mass is 15.1. The van der Waals surface area contributed by atoms with Crippen molar-refractivity contribution in [3.8, 4) is 0 Å². The molecular weight excluding hydrogens is 316 g/mol. The van der Waals surface area contributed by atoms with E-state index in [1.165, 1.54) is 61.0 Å². The third-order valence-corrected chi connectivity index (χ3v) is 5.43. The first-order valence-corrected chi connectivity index (χ1v) is 9.89. The normalized spacial score (nSPS) is 15.1. The summed E-state index contributed by atoms with van der Waals surface area (Å²) >= 11 is 0. The van der Waals surface area contributed by atoms with E-state index >= 15 is 0 Å². The summed E-state index contributed by atoms with van der Waals surface area (Å²) in [7, 11) is 0. The quantitative estimate of drug-likeness (QED) is 0.610. The van der Waals surface area contributed by atoms with E-state index in [2.05, 4.69) is 82.9 Å². The van der Waals surface area contributed by atoms with Crippen LogP contribution in [0.5, 0.6) is 0 Å². The largest absolute Gasteiger partial charge is 0.373 e. The summed E-state index contributed by atoms with van der Waals surface area (Å²) in [6.45, 7) is 4.46. The Morgan fingerprint density at radius 2 is 1.04 bits per heavy atom. The highest BCUT2D eigenvalue weighted by Crippen LogP contribution is 2.21. The van der Waals surface area contributed by atoms with Crippen LogP contribution in [0.2, 0.25) is 0 Å². The molecule has 2 aromatic carbocycles. The van der Waals surface area contributed by atoms with Crippen molar-refractivity contribution < 1.29 is 0 Å². The van der Waals surface area contributed by atoms with Crippen molar-refractivity contribution in [3.05, 3.63) is 83.2 Å². The van der Waals surface area contributed by atoms with Gasteiger partial charge in [0.15, 0.2) is 0 Å². The maximum Gasteiger partial charge on any atom is 0.0429 e. The van der Waals surface area contributed by atoms with Gasteiger partial charge >= 0.3 is 0 Å². The monoisotopic (exact) mass is 344 g/mol. The predicted octanol–water partition coefficient (Wildman–Crippen LogP) is 5.52. The molecule has 0 saturated carbocycles. The molecule has 2 nitrogen and oxygen atoms in total. The second-order valence-electron chi connectivity index (χ2n) is 7.38. The van der Waals surface area contributed by atoms with E-state index in [1.807, 2.05) is 0 Å². The van der Waals surface area contributed by atoms with Crippen LogP contribution in [-0.2, 0) is 13.1 Å². The van der Waals surface area contributed by atoms with E-state index in [0.717, 1.165) is 13.1 Å². The molecule has 4 rings (SSSR count). The van der Waals surface area contributed by atoms with Crippen molar-refractivity contribution in [2.45, 2.75) is 38.8 Å². The first-order chi connectivity index (χ1) is 12.9. The van der Waals surface area contributed by atoms with Crippen LogP contribution >= 0.6 is 0 Å². The van der Waals surface area contributed by atoms with Gasteiger partial charge in [0.1, 0.15) is 0 Å². The van der Waals surface area contributed by atoms with Crippen LogP contribution in [0.4, 0.5) is 0 Å². The van der Waals surface area contributed by atoms with Gasteiger partial charge in [0, 0.05) is 26.2 Å². The fourth-order valence-corrected chi connectivity index (χ4v) is 3.89. The molecule has 0 atom stereocenters. The van der Waals surface area contributed by atoms with E-state index in [9.17, 15) is 0 Å². The maximum atomic E-state index is 2.45. The van der Waals surface area contributed by atoms with Gasteiger partial charge in [0.2, 0.25) is 0 Å². The topological polar surface area (TPSA) is 6.48 Å². The van der Waals surface area contributed by atoms with E-state index in [-0.39, 0.29) is 0 Å². The van der Waals surface area contributed by atoms with Gasteiger partial charge in [-0.25, -0.2) is 0 Å². The minimum absolute atomic E-state index is 1.06. The van der Waals surface area contributed by atoms with Crippen molar-refractivity contribution >= 4 is 12.2 Å². The first-order valence-electron chi connectivity index (χ1n) is 9.89. The lowest BCUT2D eigenvalue weighted by Gasteiger charge is -2.26. The molecule has 0 amide bonds. The highest BCUT2D eigenvalue weighted by Gasteiger charge is 2.10. The number of hydrogen-bond donors (Lipinski definition) is 0. The van der Waals surface area contributed by atoms with Crippen LogP contribution in [0.3, 0.4) is 0 Å². The van der Waals surface area contributed by atoms with Crippen molar-refractivity contribution in [2.24, 2.45) is 0 Å². The van der Waals surface area contributed by atoms with Crippen LogP contribution in [0.25, 0.3) is 12.2 Å². The zero-order valence-corrected chi connectivity index (χ0v) is 15.5. The number of unbranched alkanes of at least 4 members (excludes halogenated alkanes) is 3. The van der Waals surface area contributed by atoms with Gasteiger partial charge in [-0.05, 0) is 59.6 Å². The van der Waals surface area contributed by atoms with Crippen molar-refractivity contribution in [3.63, 3.8) is 0 Å². The Bertz CT molecular complexity index is 723. The molecule has 0 N–H and O–H groups in total. The number of fused-ring (bicyclic) bond motifs is 2. The molecule has 0 aromatic heterocycles. The minimum atomic E-state index is 1.06. The lowest BCUT2D eigenvalue weighted by Crippen LogP contribution is -2.22. The third kappa shape index (κ3) is 4.19. The average molecular weight is 345 g/mol. The molecule has 0 radical (unpaired) electrons. The molecule has 0 saturated heterocycles. The van der Waals surface area contributed by atoms with E-state index < -0.39 is 0 Å². The van der Waals surface area contributed by atoms with E-state index in [0.29, 0.717) is 0 Å². The summed E-state index contributed by atoms with van der Waals surface area (Å²) < 4.78 is 0. The molecule has 134 valence electrons. The molecule has 0 aliphatic carbocycles. The van der Waals surface area contributed by atoms with Crippen molar-refractivity contribution in [2.75, 3.05) is 13.1 Å². The first kappa shape index (κ1) is 17.0. The Kier molecular flexibility index (Phi) is 5.39. The molecule has 0 unspecified atom stereocenters. The summed E-state index contributed by atoms with van der Waals surface area (Å²) in [6.07, 6.45) is 14.2. The molecule has 2 aliphatic heterocycles. The van der Waals surface area contributed by atoms with Gasteiger partial charge in [0.25, 0.3) is 0 Å². The number of benzene rings is 2. The molecule has 2 aliphatic rings. The fourth-order valence-electron chi connectivity index (χ4n) is 3.89. The van der Waals surface area contributed by atoms with Crippen LogP contribution in [0.1, 0.15) is 47.9 Å². The van der Waals surface area contributed by atoms with Crippen LogP contribution in [-0.4, -0.2) is 22.9 Å². The fraction of sp³-hybridized carbons (Fsp3) is 0.333. The lowest BCUT2D eigenvalue weighted by molar-refractivity contribution is 0.337.